The smallest absolute Gasteiger partial charge is 0.322 e. The van der Waals surface area contributed by atoms with Crippen molar-refractivity contribution in [2.24, 2.45) is 5.92 Å². The van der Waals surface area contributed by atoms with Crippen LogP contribution in [0.5, 0.6) is 0 Å². The second-order valence-corrected chi connectivity index (χ2v) is 7.88. The van der Waals surface area contributed by atoms with Gasteiger partial charge in [-0.1, -0.05) is 17.7 Å². The molecule has 2 bridgehead atoms. The Morgan fingerprint density at radius 2 is 2.18 bits per heavy atom. The number of nitrogens with zero attached hydrogens (tertiary/aromatic N) is 1. The van der Waals surface area contributed by atoms with E-state index in [1.807, 2.05) is 17.0 Å². The Hall–Kier alpha value is -1.26. The van der Waals surface area contributed by atoms with Gasteiger partial charge in [0.2, 0.25) is 0 Å². The van der Waals surface area contributed by atoms with Crippen molar-refractivity contribution in [2.45, 2.75) is 56.9 Å². The lowest BCUT2D eigenvalue weighted by Gasteiger charge is -2.51. The fourth-order valence-electron chi connectivity index (χ4n) is 4.64. The van der Waals surface area contributed by atoms with Crippen LogP contribution < -0.4 is 5.32 Å². The Bertz CT molecular complexity index is 647. The zero-order valence-corrected chi connectivity index (χ0v) is 13.9. The Morgan fingerprint density at radius 3 is 2.86 bits per heavy atom. The van der Waals surface area contributed by atoms with Crippen LogP contribution >= 0.6 is 11.6 Å². The number of rotatable bonds is 1. The van der Waals surface area contributed by atoms with Gasteiger partial charge in [0.25, 0.3) is 0 Å². The van der Waals surface area contributed by atoms with Gasteiger partial charge in [-0.25, -0.2) is 4.79 Å². The lowest BCUT2D eigenvalue weighted by Crippen LogP contribution is -2.58. The molecule has 4 atom stereocenters. The molecule has 3 saturated heterocycles. The van der Waals surface area contributed by atoms with Crippen LogP contribution in [0.3, 0.4) is 0 Å². The summed E-state index contributed by atoms with van der Waals surface area (Å²) in [6, 6.07) is 7.73. The van der Waals surface area contributed by atoms with Crippen LogP contribution in [-0.2, 0) is 4.74 Å². The van der Waals surface area contributed by atoms with Crippen molar-refractivity contribution in [3.63, 3.8) is 0 Å². The van der Waals surface area contributed by atoms with E-state index in [2.05, 4.69) is 26.1 Å². The van der Waals surface area contributed by atoms with Gasteiger partial charge < -0.3 is 15.0 Å². The molecule has 0 aromatic heterocycles. The number of ether oxygens (including phenoxy) is 1. The number of benzene rings is 1. The molecule has 118 valence electrons. The van der Waals surface area contributed by atoms with Crippen molar-refractivity contribution in [3.8, 4) is 0 Å². The molecule has 22 heavy (non-hydrogen) atoms. The van der Waals surface area contributed by atoms with Crippen molar-refractivity contribution >= 4 is 23.3 Å². The van der Waals surface area contributed by atoms with Gasteiger partial charge in [0.05, 0.1) is 23.3 Å². The highest BCUT2D eigenvalue weighted by Gasteiger charge is 2.72. The summed E-state index contributed by atoms with van der Waals surface area (Å²) in [5.74, 6) is 0.421. The van der Waals surface area contributed by atoms with Crippen LogP contribution in [0, 0.1) is 5.92 Å². The predicted molar refractivity (Wildman–Crippen MR) is 86.2 cm³/mol. The van der Waals surface area contributed by atoms with Crippen molar-refractivity contribution in [1.29, 1.82) is 0 Å². The first-order valence-corrected chi connectivity index (χ1v) is 8.25. The molecule has 1 saturated carbocycles. The van der Waals surface area contributed by atoms with Gasteiger partial charge in [-0.3, -0.25) is 0 Å². The number of hydrogen-bond donors (Lipinski definition) is 1. The zero-order chi connectivity index (χ0) is 15.7. The summed E-state index contributed by atoms with van der Waals surface area (Å²) in [6.45, 7) is 6.45. The molecule has 2 amide bonds. The third-order valence-electron chi connectivity index (χ3n) is 5.54. The minimum Gasteiger partial charge on any atom is -0.367 e. The lowest BCUT2D eigenvalue weighted by molar-refractivity contribution is -0.214. The molecule has 1 aliphatic carbocycles. The average molecular weight is 321 g/mol. The summed E-state index contributed by atoms with van der Waals surface area (Å²) < 4.78 is 6.32. The molecular weight excluding hydrogens is 300 g/mol. The zero-order valence-electron chi connectivity index (χ0n) is 13.1. The van der Waals surface area contributed by atoms with Gasteiger partial charge in [0, 0.05) is 16.6 Å². The normalized spacial score (nSPS) is 37.6. The van der Waals surface area contributed by atoms with Crippen molar-refractivity contribution in [2.75, 3.05) is 5.32 Å². The standard InChI is InChI=1S/C17H21ClN2O2/c1-16(2)12-7-8-17(3,22-16)14-13(12)20(14)15(21)19-11-6-4-5-10(18)9-11/h4-6,9,12-14H,7-8H2,1-3H3,(H,19,21)/t12-,13+,14-,17+,20?/m0/s1. The summed E-state index contributed by atoms with van der Waals surface area (Å²) >= 11 is 5.98. The third-order valence-corrected chi connectivity index (χ3v) is 5.78. The maximum absolute atomic E-state index is 12.6. The van der Waals surface area contributed by atoms with E-state index in [-0.39, 0.29) is 23.3 Å². The van der Waals surface area contributed by atoms with E-state index < -0.39 is 0 Å². The van der Waals surface area contributed by atoms with Gasteiger partial charge >= 0.3 is 6.03 Å². The van der Waals surface area contributed by atoms with Crippen LogP contribution in [0.25, 0.3) is 0 Å². The van der Waals surface area contributed by atoms with Gasteiger partial charge in [0.15, 0.2) is 0 Å². The monoisotopic (exact) mass is 320 g/mol. The molecule has 5 rings (SSSR count). The van der Waals surface area contributed by atoms with E-state index in [0.717, 1.165) is 18.5 Å². The summed E-state index contributed by atoms with van der Waals surface area (Å²) in [6.07, 6.45) is 2.16. The number of halogens is 1. The fourth-order valence-corrected chi connectivity index (χ4v) is 4.83. The summed E-state index contributed by atoms with van der Waals surface area (Å²) in [5.41, 5.74) is 0.368. The second kappa shape index (κ2) is 4.39. The highest BCUT2D eigenvalue weighted by atomic mass is 35.5. The number of amides is 2. The number of hydrogen-bond acceptors (Lipinski definition) is 2. The molecular formula is C17H21ClN2O2. The van der Waals surface area contributed by atoms with E-state index >= 15 is 0 Å². The number of carbonyl (C=O) groups excluding carboxylic acids is 1. The first-order chi connectivity index (χ1) is 10.3. The van der Waals surface area contributed by atoms with E-state index in [9.17, 15) is 4.79 Å². The topological polar surface area (TPSA) is 41.3 Å². The molecule has 3 heterocycles. The van der Waals surface area contributed by atoms with Gasteiger partial charge in [-0.2, -0.15) is 0 Å². The summed E-state index contributed by atoms with van der Waals surface area (Å²) in [4.78, 5) is 14.6. The Labute approximate surface area is 135 Å². The van der Waals surface area contributed by atoms with Gasteiger partial charge in [0.1, 0.15) is 0 Å². The fraction of sp³-hybridized carbons (Fsp3) is 0.588. The van der Waals surface area contributed by atoms with Crippen molar-refractivity contribution in [1.82, 2.24) is 4.90 Å². The van der Waals surface area contributed by atoms with E-state index in [4.69, 9.17) is 16.3 Å². The molecule has 1 N–H and O–H groups in total. The molecule has 3 aliphatic heterocycles. The number of nitrogens with one attached hydrogen (secondary N) is 1. The largest absolute Gasteiger partial charge is 0.367 e. The number of carbonyl (C=O) groups is 1. The molecule has 4 aliphatic rings. The minimum atomic E-state index is -0.214. The molecule has 0 unspecified atom stereocenters. The maximum atomic E-state index is 12.6. The Balaban J connectivity index is 1.55. The Kier molecular flexibility index (Phi) is 2.86. The van der Waals surface area contributed by atoms with Crippen molar-refractivity contribution in [3.05, 3.63) is 29.3 Å². The number of fused-ring (bicyclic) bond motifs is 2. The molecule has 4 fully saturated rings. The van der Waals surface area contributed by atoms with Crippen LogP contribution in [0.2, 0.25) is 5.02 Å². The van der Waals surface area contributed by atoms with Gasteiger partial charge in [-0.05, 0) is 51.8 Å². The van der Waals surface area contributed by atoms with E-state index in [0.29, 0.717) is 17.0 Å². The van der Waals surface area contributed by atoms with Crippen LogP contribution in [0.15, 0.2) is 24.3 Å². The number of likely N-dealkylation sites (tertiary alicyclic amines) is 1. The highest BCUT2D eigenvalue weighted by molar-refractivity contribution is 6.30. The van der Waals surface area contributed by atoms with E-state index in [1.165, 1.54) is 0 Å². The third kappa shape index (κ3) is 1.97. The van der Waals surface area contributed by atoms with Crippen LogP contribution in [0.4, 0.5) is 10.5 Å². The first-order valence-electron chi connectivity index (χ1n) is 7.87. The predicted octanol–water partition coefficient (Wildman–Crippen LogP) is 3.90. The first kappa shape index (κ1) is 14.3. The molecule has 1 aromatic carbocycles. The van der Waals surface area contributed by atoms with Crippen molar-refractivity contribution < 1.29 is 9.53 Å². The Morgan fingerprint density at radius 1 is 1.41 bits per heavy atom. The number of anilines is 1. The second-order valence-electron chi connectivity index (χ2n) is 7.45. The van der Waals surface area contributed by atoms with Crippen LogP contribution in [0.1, 0.15) is 33.6 Å². The van der Waals surface area contributed by atoms with Crippen LogP contribution in [-0.4, -0.2) is 34.2 Å². The van der Waals surface area contributed by atoms with E-state index in [1.54, 1.807) is 12.1 Å². The quantitative estimate of drug-likeness (QED) is 0.797. The maximum Gasteiger partial charge on any atom is 0.322 e. The molecule has 4 nitrogen and oxygen atoms in total. The SMILES string of the molecule is CC1(C)O[C@]2(C)CC[C@H]1[C@@H]1[C@@H]2N1C(=O)Nc1cccc(Cl)c1. The highest BCUT2D eigenvalue weighted by Crippen LogP contribution is 2.60. The summed E-state index contributed by atoms with van der Waals surface area (Å²) in [5, 5.41) is 3.58. The average Bonchev–Trinajstić information content (AvgIpc) is 3.14. The molecule has 5 heteroatoms. The van der Waals surface area contributed by atoms with Gasteiger partial charge in [-0.15, -0.1) is 0 Å². The number of urea groups is 1. The summed E-state index contributed by atoms with van der Waals surface area (Å²) in [7, 11) is 0. The minimum absolute atomic E-state index is 0.0447. The molecule has 0 radical (unpaired) electrons. The molecule has 0 spiro atoms. The lowest BCUT2D eigenvalue weighted by atomic mass is 9.69. The molecule has 1 aromatic rings.